The normalized spacial score (nSPS) is 12.8. The second-order valence-corrected chi connectivity index (χ2v) is 5.15. The molecule has 0 atom stereocenters. The van der Waals surface area contributed by atoms with Gasteiger partial charge in [0.25, 0.3) is 0 Å². The molecule has 1 aromatic heterocycles. The molecule has 1 heterocycles. The topological polar surface area (TPSA) is 71.1 Å². The maximum Gasteiger partial charge on any atom is 0.449 e. The first-order valence-corrected chi connectivity index (χ1v) is 5.89. The quantitative estimate of drug-likeness (QED) is 0.826. The monoisotopic (exact) mass is 255 g/mol. The maximum absolute atomic E-state index is 12.4. The molecular formula is C8H8F3NO3S. The van der Waals surface area contributed by atoms with Gasteiger partial charge in [0.15, 0.2) is 0 Å². The average Bonchev–Trinajstić information content (AvgIpc) is 2.05. The predicted octanol–water partition coefficient (Wildman–Crippen LogP) is 1.49. The van der Waals surface area contributed by atoms with Crippen molar-refractivity contribution in [2.24, 2.45) is 0 Å². The number of rotatable bonds is 1. The lowest BCUT2D eigenvalue weighted by molar-refractivity contribution is -0.156. The summed E-state index contributed by atoms with van der Waals surface area (Å²) in [7, 11) is -3.91. The largest absolute Gasteiger partial charge is 0.449 e. The minimum Gasteiger partial charge on any atom is -0.440 e. The van der Waals surface area contributed by atoms with E-state index in [1.165, 1.54) is 0 Å². The van der Waals surface area contributed by atoms with Crippen LogP contribution in [-0.4, -0.2) is 14.7 Å². The van der Waals surface area contributed by atoms with Gasteiger partial charge < -0.3 is 9.83 Å². The second kappa shape index (κ2) is 3.62. The number of hydrogen-bond donors (Lipinski definition) is 1. The zero-order valence-corrected chi connectivity index (χ0v) is 9.16. The third-order valence-corrected chi connectivity index (χ3v) is 2.76. The van der Waals surface area contributed by atoms with Crippen LogP contribution in [0.5, 0.6) is 0 Å². The average molecular weight is 255 g/mol. The fraction of sp³-hybridized carbons (Fsp3) is 0.375. The predicted molar refractivity (Wildman–Crippen MR) is 47.4 cm³/mol. The van der Waals surface area contributed by atoms with Crippen LogP contribution < -0.4 is 5.36 Å². The number of hydrogen-bond acceptors (Lipinski definition) is 4. The van der Waals surface area contributed by atoms with Crippen LogP contribution in [0.15, 0.2) is 15.6 Å². The van der Waals surface area contributed by atoms with E-state index in [1.807, 2.05) is 0 Å². The Balaban J connectivity index is 3.66. The van der Waals surface area contributed by atoms with E-state index in [-0.39, 0.29) is 0 Å². The van der Waals surface area contributed by atoms with Crippen molar-refractivity contribution in [1.29, 1.82) is 5.41 Å². The number of halogens is 3. The van der Waals surface area contributed by atoms with Crippen LogP contribution in [-0.2, 0) is 16.0 Å². The van der Waals surface area contributed by atoms with Crippen molar-refractivity contribution in [2.75, 3.05) is 6.26 Å². The minimum absolute atomic E-state index is 0.445. The highest BCUT2D eigenvalue weighted by Crippen LogP contribution is 2.31. The molecule has 1 N–H and O–H groups in total. The van der Waals surface area contributed by atoms with Gasteiger partial charge in [0, 0.05) is 17.9 Å². The first-order chi connectivity index (χ1) is 7.03. The van der Waals surface area contributed by atoms with Gasteiger partial charge in [0.05, 0.1) is 5.36 Å². The van der Waals surface area contributed by atoms with Gasteiger partial charge >= 0.3 is 6.18 Å². The summed E-state index contributed by atoms with van der Waals surface area (Å²) in [6, 6.07) is 0.750. The molecule has 1 rings (SSSR count). The molecule has 0 aliphatic rings. The summed E-state index contributed by atoms with van der Waals surface area (Å²) in [5.74, 6) is -1.46. The molecule has 0 amide bonds. The molecule has 0 aliphatic carbocycles. The van der Waals surface area contributed by atoms with Crippen LogP contribution in [0.2, 0.25) is 0 Å². The molecule has 16 heavy (non-hydrogen) atoms. The Kier molecular flexibility index (Phi) is 2.88. The highest BCUT2D eigenvalue weighted by atomic mass is 32.2. The Labute approximate surface area is 89.1 Å². The fourth-order valence-corrected chi connectivity index (χ4v) is 1.57. The lowest BCUT2D eigenvalue weighted by Crippen LogP contribution is -2.17. The molecule has 90 valence electrons. The van der Waals surface area contributed by atoms with Gasteiger partial charge in [-0.25, -0.2) is 8.42 Å². The molecule has 0 aliphatic heterocycles. The maximum atomic E-state index is 12.4. The summed E-state index contributed by atoms with van der Waals surface area (Å²) in [5.41, 5.74) is -0.445. The summed E-state index contributed by atoms with van der Waals surface area (Å²) in [4.78, 5) is 0. The first-order valence-electron chi connectivity index (χ1n) is 4.00. The Morgan fingerprint density at radius 2 is 1.88 bits per heavy atom. The van der Waals surface area contributed by atoms with E-state index in [9.17, 15) is 21.6 Å². The van der Waals surface area contributed by atoms with Gasteiger partial charge in [-0.1, -0.05) is 0 Å². The van der Waals surface area contributed by atoms with Crippen molar-refractivity contribution in [3.63, 3.8) is 0 Å². The van der Waals surface area contributed by atoms with Crippen molar-refractivity contribution in [3.8, 4) is 0 Å². The molecule has 0 radical (unpaired) electrons. The van der Waals surface area contributed by atoms with Crippen molar-refractivity contribution in [2.45, 2.75) is 18.2 Å². The molecular weight excluding hydrogens is 247 g/mol. The van der Waals surface area contributed by atoms with E-state index in [0.717, 1.165) is 13.0 Å². The smallest absolute Gasteiger partial charge is 0.440 e. The molecule has 0 fully saturated rings. The van der Waals surface area contributed by atoms with Crippen molar-refractivity contribution in [3.05, 3.63) is 22.7 Å². The lowest BCUT2D eigenvalue weighted by atomic mass is 10.2. The highest BCUT2D eigenvalue weighted by molar-refractivity contribution is 7.90. The summed E-state index contributed by atoms with van der Waals surface area (Å²) in [6.07, 6.45) is -4.11. The van der Waals surface area contributed by atoms with Crippen LogP contribution in [0.1, 0.15) is 11.3 Å². The highest BCUT2D eigenvalue weighted by Gasteiger charge is 2.37. The standard InChI is InChI=1S/C8H8F3NO3S/c1-4-5(12)3-6(16(2,13)14)15-7(4)8(9,10)11/h3,12H,1-2H3. The fourth-order valence-electron chi connectivity index (χ4n) is 1.01. The number of sulfone groups is 1. The molecule has 8 heteroatoms. The number of alkyl halides is 3. The first kappa shape index (κ1) is 12.8. The van der Waals surface area contributed by atoms with Crippen LogP contribution in [0.4, 0.5) is 13.2 Å². The van der Waals surface area contributed by atoms with E-state index in [2.05, 4.69) is 4.42 Å². The van der Waals surface area contributed by atoms with Gasteiger partial charge in [-0.15, -0.1) is 0 Å². The zero-order chi connectivity index (χ0) is 12.7. The zero-order valence-electron chi connectivity index (χ0n) is 8.34. The molecule has 0 saturated carbocycles. The SMILES string of the molecule is Cc1c(C(F)(F)F)oc(S(C)(=O)=O)cc1=N. The Morgan fingerprint density at radius 1 is 1.38 bits per heavy atom. The number of nitrogens with one attached hydrogen (secondary N) is 1. The summed E-state index contributed by atoms with van der Waals surface area (Å²) < 4.78 is 63.6. The summed E-state index contributed by atoms with van der Waals surface area (Å²) >= 11 is 0. The van der Waals surface area contributed by atoms with Crippen molar-refractivity contribution < 1.29 is 26.0 Å². The minimum atomic E-state index is -4.82. The van der Waals surface area contributed by atoms with E-state index >= 15 is 0 Å². The molecule has 0 saturated heterocycles. The van der Waals surface area contributed by atoms with E-state index in [0.29, 0.717) is 6.26 Å². The molecule has 4 nitrogen and oxygen atoms in total. The molecule has 0 unspecified atom stereocenters. The summed E-state index contributed by atoms with van der Waals surface area (Å²) in [6.45, 7) is 1.04. The Bertz CT molecular complexity index is 571. The van der Waals surface area contributed by atoms with Crippen LogP contribution >= 0.6 is 0 Å². The van der Waals surface area contributed by atoms with Crippen LogP contribution in [0, 0.1) is 12.3 Å². The van der Waals surface area contributed by atoms with Crippen LogP contribution in [0.3, 0.4) is 0 Å². The van der Waals surface area contributed by atoms with Gasteiger partial charge in [0.1, 0.15) is 0 Å². The third-order valence-electron chi connectivity index (χ3n) is 1.83. The molecule has 0 spiro atoms. The second-order valence-electron chi connectivity index (χ2n) is 3.20. The summed E-state index contributed by atoms with van der Waals surface area (Å²) in [5, 5.41) is 5.84. The Morgan fingerprint density at radius 3 is 2.25 bits per heavy atom. The molecule has 0 bridgehead atoms. The van der Waals surface area contributed by atoms with E-state index in [4.69, 9.17) is 5.41 Å². The van der Waals surface area contributed by atoms with E-state index in [1.54, 1.807) is 0 Å². The Hall–Kier alpha value is -1.31. The van der Waals surface area contributed by atoms with Gasteiger partial charge in [0.2, 0.25) is 20.7 Å². The van der Waals surface area contributed by atoms with E-state index < -0.39 is 37.8 Å². The van der Waals surface area contributed by atoms with Crippen molar-refractivity contribution in [1.82, 2.24) is 0 Å². The van der Waals surface area contributed by atoms with Gasteiger partial charge in [-0.05, 0) is 6.92 Å². The molecule has 1 aromatic rings. The third kappa shape index (κ3) is 2.43. The van der Waals surface area contributed by atoms with Crippen LogP contribution in [0.25, 0.3) is 0 Å². The molecule has 0 aromatic carbocycles. The van der Waals surface area contributed by atoms with Gasteiger partial charge in [-0.3, -0.25) is 0 Å². The lowest BCUT2D eigenvalue weighted by Gasteiger charge is -2.10. The van der Waals surface area contributed by atoms with Crippen molar-refractivity contribution >= 4 is 9.84 Å². The van der Waals surface area contributed by atoms with Gasteiger partial charge in [-0.2, -0.15) is 13.2 Å².